The molecule has 0 radical (unpaired) electrons. The van der Waals surface area contributed by atoms with Gasteiger partial charge in [-0.2, -0.15) is 4.98 Å². The van der Waals surface area contributed by atoms with Gasteiger partial charge in [-0.05, 0) is 44.2 Å². The Hall–Kier alpha value is -2.24. The Bertz CT molecular complexity index is 681. The number of aryl methyl sites for hydroxylation is 1. The lowest BCUT2D eigenvalue weighted by atomic mass is 10.1. The van der Waals surface area contributed by atoms with Gasteiger partial charge in [0.25, 0.3) is 5.91 Å². The fourth-order valence-corrected chi connectivity index (χ4v) is 3.20. The number of aromatic nitrogens is 3. The second kappa shape index (κ2) is 6.10. The van der Waals surface area contributed by atoms with Crippen molar-refractivity contribution in [1.82, 2.24) is 20.0 Å². The Morgan fingerprint density at radius 1 is 1.30 bits per heavy atom. The zero-order valence-corrected chi connectivity index (χ0v) is 13.0. The van der Waals surface area contributed by atoms with Crippen LogP contribution in [0.2, 0.25) is 0 Å². The number of amides is 1. The van der Waals surface area contributed by atoms with Crippen molar-refractivity contribution in [1.29, 1.82) is 0 Å². The predicted octanol–water partition coefficient (Wildman–Crippen LogP) is 2.58. The maximum Gasteiger partial charge on any atom is 0.272 e. The zero-order chi connectivity index (χ0) is 15.6. The van der Waals surface area contributed by atoms with Gasteiger partial charge in [0.05, 0.1) is 0 Å². The van der Waals surface area contributed by atoms with Crippen LogP contribution < -0.4 is 0 Å². The van der Waals surface area contributed by atoms with Crippen LogP contribution in [0.25, 0.3) is 0 Å². The van der Waals surface area contributed by atoms with E-state index in [1.165, 1.54) is 0 Å². The molecule has 2 aromatic rings. The Morgan fingerprint density at radius 2 is 2.22 bits per heavy atom. The first-order valence-electron chi connectivity index (χ1n) is 8.36. The molecule has 1 aliphatic carbocycles. The molecule has 1 atom stereocenters. The van der Waals surface area contributed by atoms with Gasteiger partial charge in [0.2, 0.25) is 5.89 Å². The third-order valence-electron chi connectivity index (χ3n) is 4.63. The molecule has 6 nitrogen and oxygen atoms in total. The first-order chi connectivity index (χ1) is 11.3. The van der Waals surface area contributed by atoms with Crippen molar-refractivity contribution in [2.24, 2.45) is 0 Å². The van der Waals surface area contributed by atoms with Crippen LogP contribution in [0.1, 0.15) is 60.2 Å². The highest BCUT2D eigenvalue weighted by molar-refractivity contribution is 5.92. The maximum absolute atomic E-state index is 12.6. The highest BCUT2D eigenvalue weighted by atomic mass is 16.5. The summed E-state index contributed by atoms with van der Waals surface area (Å²) in [5.41, 5.74) is 0.523. The molecule has 0 N–H and O–H groups in total. The lowest BCUT2D eigenvalue weighted by Gasteiger charge is -2.24. The van der Waals surface area contributed by atoms with Crippen LogP contribution in [0.4, 0.5) is 0 Å². The number of rotatable bonds is 5. The largest absolute Gasteiger partial charge is 0.339 e. The molecule has 3 heterocycles. The number of carbonyl (C=O) groups is 1. The quantitative estimate of drug-likeness (QED) is 0.848. The molecule has 6 heteroatoms. The summed E-state index contributed by atoms with van der Waals surface area (Å²) in [6.45, 7) is 0.805. The van der Waals surface area contributed by atoms with E-state index in [0.717, 1.165) is 56.8 Å². The zero-order valence-electron chi connectivity index (χ0n) is 13.0. The summed E-state index contributed by atoms with van der Waals surface area (Å²) in [4.78, 5) is 23.2. The number of carbonyl (C=O) groups excluding carboxylic acids is 1. The molecule has 120 valence electrons. The van der Waals surface area contributed by atoms with E-state index in [1.54, 1.807) is 12.3 Å². The van der Waals surface area contributed by atoms with E-state index >= 15 is 0 Å². The van der Waals surface area contributed by atoms with Gasteiger partial charge < -0.3 is 9.42 Å². The molecule has 1 aliphatic heterocycles. The van der Waals surface area contributed by atoms with Crippen molar-refractivity contribution in [3.63, 3.8) is 0 Å². The topological polar surface area (TPSA) is 72.1 Å². The summed E-state index contributed by atoms with van der Waals surface area (Å²) in [7, 11) is 0. The fourth-order valence-electron chi connectivity index (χ4n) is 3.20. The smallest absolute Gasteiger partial charge is 0.272 e. The Labute approximate surface area is 134 Å². The second-order valence-electron chi connectivity index (χ2n) is 6.37. The van der Waals surface area contributed by atoms with E-state index in [0.29, 0.717) is 11.6 Å². The predicted molar refractivity (Wildman–Crippen MR) is 82.9 cm³/mol. The normalized spacial score (nSPS) is 20.9. The van der Waals surface area contributed by atoms with Gasteiger partial charge in [-0.1, -0.05) is 11.2 Å². The number of nitrogens with zero attached hydrogens (tertiary/aromatic N) is 4. The average Bonchev–Trinajstić information content (AvgIpc) is 3.15. The highest BCUT2D eigenvalue weighted by Gasteiger charge is 2.31. The van der Waals surface area contributed by atoms with E-state index < -0.39 is 0 Å². The first kappa shape index (κ1) is 14.4. The van der Waals surface area contributed by atoms with Crippen molar-refractivity contribution >= 4 is 5.91 Å². The first-order valence-corrected chi connectivity index (χ1v) is 8.36. The minimum atomic E-state index is 0.0277. The van der Waals surface area contributed by atoms with E-state index in [-0.39, 0.29) is 11.9 Å². The minimum absolute atomic E-state index is 0.0277. The molecule has 4 rings (SSSR count). The van der Waals surface area contributed by atoms with Crippen molar-refractivity contribution in [3.05, 3.63) is 41.8 Å². The van der Waals surface area contributed by atoms with Crippen molar-refractivity contribution < 1.29 is 9.32 Å². The maximum atomic E-state index is 12.6. The van der Waals surface area contributed by atoms with Gasteiger partial charge in [-0.15, -0.1) is 0 Å². The van der Waals surface area contributed by atoms with Crippen molar-refractivity contribution in [2.45, 2.75) is 50.5 Å². The van der Waals surface area contributed by atoms with Gasteiger partial charge in [-0.25, -0.2) is 0 Å². The lowest BCUT2D eigenvalue weighted by molar-refractivity contribution is 0.0724. The summed E-state index contributed by atoms with van der Waals surface area (Å²) in [5.74, 6) is 2.07. The van der Waals surface area contributed by atoms with Crippen LogP contribution in [-0.4, -0.2) is 38.5 Å². The average molecular weight is 312 g/mol. The van der Waals surface area contributed by atoms with E-state index in [4.69, 9.17) is 4.52 Å². The third-order valence-corrected chi connectivity index (χ3v) is 4.63. The minimum Gasteiger partial charge on any atom is -0.339 e. The summed E-state index contributed by atoms with van der Waals surface area (Å²) in [6.07, 6.45) is 7.70. The molecule has 1 saturated carbocycles. The van der Waals surface area contributed by atoms with Crippen LogP contribution in [0.5, 0.6) is 0 Å². The lowest BCUT2D eigenvalue weighted by Crippen LogP contribution is -2.36. The van der Waals surface area contributed by atoms with Crippen molar-refractivity contribution in [3.8, 4) is 0 Å². The van der Waals surface area contributed by atoms with E-state index in [2.05, 4.69) is 15.1 Å². The summed E-state index contributed by atoms with van der Waals surface area (Å²) in [5, 5.41) is 4.06. The Kier molecular flexibility index (Phi) is 3.81. The molecule has 23 heavy (non-hydrogen) atoms. The van der Waals surface area contributed by atoms with Gasteiger partial charge >= 0.3 is 0 Å². The number of pyridine rings is 1. The molecule has 0 aromatic carbocycles. The molecule has 1 saturated heterocycles. The molecule has 1 amide bonds. The Morgan fingerprint density at radius 3 is 3.00 bits per heavy atom. The van der Waals surface area contributed by atoms with Crippen LogP contribution in [0, 0.1) is 0 Å². The van der Waals surface area contributed by atoms with Gasteiger partial charge in [0, 0.05) is 31.1 Å². The Balaban J connectivity index is 1.38. The van der Waals surface area contributed by atoms with Crippen molar-refractivity contribution in [2.75, 3.05) is 6.54 Å². The van der Waals surface area contributed by atoms with Crippen LogP contribution >= 0.6 is 0 Å². The second-order valence-corrected chi connectivity index (χ2v) is 6.37. The van der Waals surface area contributed by atoms with E-state index in [9.17, 15) is 4.79 Å². The van der Waals surface area contributed by atoms with Crippen LogP contribution in [-0.2, 0) is 6.42 Å². The number of hydrogen-bond donors (Lipinski definition) is 0. The SMILES string of the molecule is O=C(c1ccccn1)N1CCCC1CCc1noc(C2CC2)n1. The van der Waals surface area contributed by atoms with Gasteiger partial charge in [-0.3, -0.25) is 9.78 Å². The monoisotopic (exact) mass is 312 g/mol. The molecule has 0 spiro atoms. The fraction of sp³-hybridized carbons (Fsp3) is 0.529. The molecule has 2 aromatic heterocycles. The van der Waals surface area contributed by atoms with Gasteiger partial charge in [0.1, 0.15) is 5.69 Å². The van der Waals surface area contributed by atoms with Crippen LogP contribution in [0.3, 0.4) is 0 Å². The molecular weight excluding hydrogens is 292 g/mol. The van der Waals surface area contributed by atoms with E-state index in [1.807, 2.05) is 17.0 Å². The highest BCUT2D eigenvalue weighted by Crippen LogP contribution is 2.38. The molecular formula is C17H20N4O2. The summed E-state index contributed by atoms with van der Waals surface area (Å²) >= 11 is 0. The number of hydrogen-bond acceptors (Lipinski definition) is 5. The van der Waals surface area contributed by atoms with Crippen LogP contribution in [0.15, 0.2) is 28.9 Å². The molecule has 2 aliphatic rings. The summed E-state index contributed by atoms with van der Waals surface area (Å²) < 4.78 is 5.30. The standard InChI is InChI=1S/C17H20N4O2/c22-17(14-5-1-2-10-18-14)21-11-3-4-13(21)8-9-15-19-16(23-20-15)12-6-7-12/h1-2,5,10,12-13H,3-4,6-9,11H2. The number of likely N-dealkylation sites (tertiary alicyclic amines) is 1. The summed E-state index contributed by atoms with van der Waals surface area (Å²) in [6, 6.07) is 5.70. The molecule has 2 fully saturated rings. The molecule has 0 bridgehead atoms. The van der Waals surface area contributed by atoms with Gasteiger partial charge in [0.15, 0.2) is 5.82 Å². The third kappa shape index (κ3) is 3.11. The molecule has 1 unspecified atom stereocenters.